The Morgan fingerprint density at radius 3 is 2.81 bits per heavy atom. The van der Waals surface area contributed by atoms with Gasteiger partial charge >= 0.3 is 0 Å². The van der Waals surface area contributed by atoms with E-state index in [-0.39, 0.29) is 30.3 Å². The molecule has 1 aliphatic rings. The number of imidazole rings is 2. The molecule has 3 aromatic heterocycles. The standard InChI is InChI=1S/C20H23N9O2/c1-20(31)8-28(18(30)11-3-4-13-12(7-11)23-9-27(13)2)6-5-14(20)29-10-24-15-16(21)25-19(22)26-17(15)29/h3-4,7,9-10,14,31H,5-6,8H2,1-2H3,(H4,21,22,25,26)/t14-,20-/m1/s1. The van der Waals surface area contributed by atoms with Crippen molar-refractivity contribution in [3.63, 3.8) is 0 Å². The van der Waals surface area contributed by atoms with Gasteiger partial charge in [0.2, 0.25) is 5.95 Å². The molecule has 1 fully saturated rings. The van der Waals surface area contributed by atoms with Gasteiger partial charge in [-0.2, -0.15) is 9.97 Å². The number of benzene rings is 1. The second-order valence-electron chi connectivity index (χ2n) is 8.24. The van der Waals surface area contributed by atoms with Gasteiger partial charge in [0.1, 0.15) is 11.1 Å². The van der Waals surface area contributed by atoms with Crippen molar-refractivity contribution in [3.8, 4) is 0 Å². The monoisotopic (exact) mass is 421 g/mol. The number of aliphatic hydroxyl groups is 1. The van der Waals surface area contributed by atoms with Gasteiger partial charge in [-0.1, -0.05) is 0 Å². The topological polar surface area (TPSA) is 154 Å². The molecule has 4 aromatic rings. The van der Waals surface area contributed by atoms with Crippen LogP contribution in [0.1, 0.15) is 29.7 Å². The predicted octanol–water partition coefficient (Wildman–Crippen LogP) is 0.716. The fourth-order valence-electron chi connectivity index (χ4n) is 4.41. The number of piperidine rings is 1. The minimum Gasteiger partial charge on any atom is -0.386 e. The zero-order chi connectivity index (χ0) is 21.9. The lowest BCUT2D eigenvalue weighted by Crippen LogP contribution is -2.54. The lowest BCUT2D eigenvalue weighted by Gasteiger charge is -2.43. The molecular weight excluding hydrogens is 398 g/mol. The minimum atomic E-state index is -1.22. The molecule has 1 saturated heterocycles. The van der Waals surface area contributed by atoms with Crippen LogP contribution in [0.15, 0.2) is 30.9 Å². The summed E-state index contributed by atoms with van der Waals surface area (Å²) in [7, 11) is 1.91. The maximum Gasteiger partial charge on any atom is 0.254 e. The van der Waals surface area contributed by atoms with Gasteiger partial charge in [0, 0.05) is 19.2 Å². The van der Waals surface area contributed by atoms with Crippen molar-refractivity contribution in [3.05, 3.63) is 36.4 Å². The average Bonchev–Trinajstić information content (AvgIpc) is 3.30. The third-order valence-corrected chi connectivity index (χ3v) is 5.96. The van der Waals surface area contributed by atoms with Gasteiger partial charge in [-0.15, -0.1) is 0 Å². The van der Waals surface area contributed by atoms with E-state index in [1.165, 1.54) is 0 Å². The van der Waals surface area contributed by atoms with Crippen LogP contribution >= 0.6 is 0 Å². The summed E-state index contributed by atoms with van der Waals surface area (Å²) < 4.78 is 3.67. The van der Waals surface area contributed by atoms with Crippen LogP contribution in [-0.4, -0.2) is 63.7 Å². The molecule has 0 bridgehead atoms. The molecule has 0 spiro atoms. The third kappa shape index (κ3) is 3.05. The Hall–Kier alpha value is -3.73. The van der Waals surface area contributed by atoms with Crippen LogP contribution in [-0.2, 0) is 7.05 Å². The first-order valence-electron chi connectivity index (χ1n) is 9.93. The summed E-state index contributed by atoms with van der Waals surface area (Å²) in [6.45, 7) is 2.33. The van der Waals surface area contributed by atoms with Crippen molar-refractivity contribution >= 4 is 39.9 Å². The highest BCUT2D eigenvalue weighted by Crippen LogP contribution is 2.35. The molecule has 31 heavy (non-hydrogen) atoms. The predicted molar refractivity (Wildman–Crippen MR) is 115 cm³/mol. The molecule has 5 rings (SSSR count). The lowest BCUT2D eigenvalue weighted by molar-refractivity contribution is -0.0479. The third-order valence-electron chi connectivity index (χ3n) is 5.96. The zero-order valence-electron chi connectivity index (χ0n) is 17.2. The maximum atomic E-state index is 13.1. The van der Waals surface area contributed by atoms with Crippen molar-refractivity contribution < 1.29 is 9.90 Å². The van der Waals surface area contributed by atoms with Gasteiger partial charge in [0.15, 0.2) is 11.5 Å². The number of anilines is 2. The molecule has 1 amide bonds. The summed E-state index contributed by atoms with van der Waals surface area (Å²) in [5, 5.41) is 11.3. The van der Waals surface area contributed by atoms with Crippen LogP contribution in [0.25, 0.3) is 22.2 Å². The molecule has 4 heterocycles. The number of aromatic nitrogens is 6. The van der Waals surface area contributed by atoms with Crippen molar-refractivity contribution in [2.24, 2.45) is 7.05 Å². The van der Waals surface area contributed by atoms with Crippen LogP contribution in [0.5, 0.6) is 0 Å². The van der Waals surface area contributed by atoms with Crippen LogP contribution in [0.4, 0.5) is 11.8 Å². The van der Waals surface area contributed by atoms with Crippen molar-refractivity contribution in [2.75, 3.05) is 24.6 Å². The van der Waals surface area contributed by atoms with Gasteiger partial charge < -0.3 is 30.6 Å². The van der Waals surface area contributed by atoms with Crippen LogP contribution < -0.4 is 11.5 Å². The molecule has 2 atom stereocenters. The second kappa shape index (κ2) is 6.64. The van der Waals surface area contributed by atoms with Gasteiger partial charge in [-0.05, 0) is 31.5 Å². The first-order valence-corrected chi connectivity index (χ1v) is 9.93. The molecular formula is C20H23N9O2. The van der Waals surface area contributed by atoms with Gasteiger partial charge in [0.25, 0.3) is 5.91 Å². The van der Waals surface area contributed by atoms with Crippen molar-refractivity contribution in [1.82, 2.24) is 34.0 Å². The number of nitrogens with two attached hydrogens (primary N) is 2. The molecule has 0 saturated carbocycles. The maximum absolute atomic E-state index is 13.1. The molecule has 160 valence electrons. The molecule has 1 aromatic carbocycles. The van der Waals surface area contributed by atoms with E-state index in [1.54, 1.807) is 41.2 Å². The highest BCUT2D eigenvalue weighted by atomic mass is 16.3. The second-order valence-corrected chi connectivity index (χ2v) is 8.24. The summed E-state index contributed by atoms with van der Waals surface area (Å²) >= 11 is 0. The number of hydrogen-bond donors (Lipinski definition) is 3. The molecule has 5 N–H and O–H groups in total. The van der Waals surface area contributed by atoms with E-state index in [1.807, 2.05) is 17.7 Å². The largest absolute Gasteiger partial charge is 0.386 e. The molecule has 1 aliphatic heterocycles. The van der Waals surface area contributed by atoms with Crippen molar-refractivity contribution in [1.29, 1.82) is 0 Å². The summed E-state index contributed by atoms with van der Waals surface area (Å²) in [6, 6.07) is 5.10. The number of β-amino-alcohol motifs (C(OH)–C–C–N with tert-alkyl or cyclic N) is 1. The molecule has 0 unspecified atom stereocenters. The average molecular weight is 421 g/mol. The SMILES string of the molecule is Cn1cnc2cc(C(=O)N3CC[C@@H](n4cnc5c(N)nc(N)nc54)[C@](C)(O)C3)ccc21. The molecule has 0 aliphatic carbocycles. The minimum absolute atomic E-state index is 0.0453. The normalized spacial score (nSPS) is 21.8. The Morgan fingerprint density at radius 1 is 1.23 bits per heavy atom. The van der Waals surface area contributed by atoms with E-state index < -0.39 is 5.60 Å². The number of amides is 1. The van der Waals surface area contributed by atoms with E-state index in [0.29, 0.717) is 29.7 Å². The Kier molecular flexibility index (Phi) is 4.12. The number of aryl methyl sites for hydroxylation is 1. The fraction of sp³-hybridized carbons (Fsp3) is 0.350. The van der Waals surface area contributed by atoms with Gasteiger partial charge in [-0.25, -0.2) is 9.97 Å². The molecule has 11 nitrogen and oxygen atoms in total. The Bertz CT molecular complexity index is 1320. The fourth-order valence-corrected chi connectivity index (χ4v) is 4.41. The quantitative estimate of drug-likeness (QED) is 0.428. The number of hydrogen-bond acceptors (Lipinski definition) is 8. The smallest absolute Gasteiger partial charge is 0.254 e. The van der Waals surface area contributed by atoms with E-state index in [2.05, 4.69) is 19.9 Å². The number of fused-ring (bicyclic) bond motifs is 2. The number of carbonyl (C=O) groups excluding carboxylic acids is 1. The summed E-state index contributed by atoms with van der Waals surface area (Å²) in [5.74, 6) is 0.0971. The first kappa shape index (κ1) is 19.2. The summed E-state index contributed by atoms with van der Waals surface area (Å²) in [6.07, 6.45) is 3.81. The number of nitrogen functional groups attached to an aromatic ring is 2. The van der Waals surface area contributed by atoms with E-state index >= 15 is 0 Å². The highest BCUT2D eigenvalue weighted by Gasteiger charge is 2.41. The van der Waals surface area contributed by atoms with Crippen LogP contribution in [0.2, 0.25) is 0 Å². The van der Waals surface area contributed by atoms with Crippen molar-refractivity contribution in [2.45, 2.75) is 25.0 Å². The number of carbonyl (C=O) groups is 1. The zero-order valence-corrected chi connectivity index (χ0v) is 17.2. The van der Waals surface area contributed by atoms with Crippen LogP contribution in [0, 0.1) is 0 Å². The van der Waals surface area contributed by atoms with Gasteiger partial charge in [-0.3, -0.25) is 4.79 Å². The summed E-state index contributed by atoms with van der Waals surface area (Å²) in [5.41, 5.74) is 13.6. The van der Waals surface area contributed by atoms with E-state index in [9.17, 15) is 9.90 Å². The lowest BCUT2D eigenvalue weighted by atomic mass is 9.88. The number of rotatable bonds is 2. The summed E-state index contributed by atoms with van der Waals surface area (Å²) in [4.78, 5) is 31.6. The Labute approximate surface area is 177 Å². The van der Waals surface area contributed by atoms with E-state index in [0.717, 1.165) is 11.0 Å². The molecule has 11 heteroatoms. The number of nitrogens with zero attached hydrogens (tertiary/aromatic N) is 7. The number of likely N-dealkylation sites (tertiary alicyclic amines) is 1. The Morgan fingerprint density at radius 2 is 2.03 bits per heavy atom. The van der Waals surface area contributed by atoms with E-state index in [4.69, 9.17) is 11.5 Å². The van der Waals surface area contributed by atoms with Gasteiger partial charge in [0.05, 0.1) is 36.3 Å². The first-order chi connectivity index (χ1) is 14.7. The Balaban J connectivity index is 1.42. The molecule has 0 radical (unpaired) electrons. The highest BCUT2D eigenvalue weighted by molar-refractivity contribution is 5.97. The van der Waals surface area contributed by atoms with Crippen LogP contribution in [0.3, 0.4) is 0 Å².